The maximum absolute atomic E-state index is 12.7. The number of amides is 2. The van der Waals surface area contributed by atoms with Crippen LogP contribution in [0.4, 0.5) is 5.69 Å². The van der Waals surface area contributed by atoms with Crippen molar-refractivity contribution < 1.29 is 9.59 Å². The fourth-order valence-electron chi connectivity index (χ4n) is 3.70. The van der Waals surface area contributed by atoms with Gasteiger partial charge in [-0.15, -0.1) is 0 Å². The molecule has 33 heavy (non-hydrogen) atoms. The molecule has 0 aliphatic carbocycles. The van der Waals surface area contributed by atoms with Crippen LogP contribution in [0, 0.1) is 25.2 Å². The second-order valence-corrected chi connectivity index (χ2v) is 7.86. The predicted molar refractivity (Wildman–Crippen MR) is 127 cm³/mol. The number of carbonyl (C=O) groups is 2. The number of rotatable bonds is 10. The zero-order valence-corrected chi connectivity index (χ0v) is 19.1. The van der Waals surface area contributed by atoms with Gasteiger partial charge >= 0.3 is 0 Å². The molecule has 1 N–H and O–H groups in total. The lowest BCUT2D eigenvalue weighted by Gasteiger charge is -2.21. The molecular formula is C26H29N5O2. The SMILES string of the molecule is Cc1nn(Cc2ccccc2)c(C)c1CNC(=O)CCC(=O)N(CCC#N)c1ccccc1. The Morgan fingerprint density at radius 3 is 2.36 bits per heavy atom. The molecule has 0 saturated heterocycles. The van der Waals surface area contributed by atoms with Gasteiger partial charge in [-0.1, -0.05) is 48.5 Å². The standard InChI is InChI=1S/C26H29N5O2/c1-20-24(21(2)31(29-20)19-22-10-5-3-6-11-22)18-28-25(32)14-15-26(33)30(17-9-16-27)23-12-7-4-8-13-23/h3-8,10-13H,9,14-15,17-19H2,1-2H3,(H,28,32). The number of nitriles is 1. The van der Waals surface area contributed by atoms with Gasteiger partial charge in [-0.3, -0.25) is 14.3 Å². The molecule has 0 bridgehead atoms. The first-order valence-corrected chi connectivity index (χ1v) is 11.1. The molecule has 0 aliphatic heterocycles. The van der Waals surface area contributed by atoms with Crippen molar-refractivity contribution in [2.24, 2.45) is 0 Å². The minimum Gasteiger partial charge on any atom is -0.352 e. The minimum absolute atomic E-state index is 0.0807. The van der Waals surface area contributed by atoms with Gasteiger partial charge in [0.25, 0.3) is 0 Å². The van der Waals surface area contributed by atoms with Crippen molar-refractivity contribution in [1.29, 1.82) is 5.26 Å². The average Bonchev–Trinajstić information content (AvgIpc) is 3.09. The first-order valence-electron chi connectivity index (χ1n) is 11.1. The van der Waals surface area contributed by atoms with Crippen molar-refractivity contribution >= 4 is 17.5 Å². The highest BCUT2D eigenvalue weighted by molar-refractivity contribution is 5.95. The molecule has 1 aromatic heterocycles. The van der Waals surface area contributed by atoms with E-state index in [-0.39, 0.29) is 31.1 Å². The van der Waals surface area contributed by atoms with Crippen molar-refractivity contribution in [2.75, 3.05) is 11.4 Å². The highest BCUT2D eigenvalue weighted by Crippen LogP contribution is 2.17. The van der Waals surface area contributed by atoms with Crippen molar-refractivity contribution in [1.82, 2.24) is 15.1 Å². The van der Waals surface area contributed by atoms with E-state index in [1.807, 2.05) is 67.1 Å². The molecule has 2 aromatic carbocycles. The lowest BCUT2D eigenvalue weighted by Crippen LogP contribution is -2.33. The molecule has 0 fully saturated rings. The molecule has 0 aliphatic rings. The van der Waals surface area contributed by atoms with Gasteiger partial charge in [0.05, 0.1) is 24.7 Å². The summed E-state index contributed by atoms with van der Waals surface area (Å²) in [7, 11) is 0. The Hall–Kier alpha value is -3.92. The van der Waals surface area contributed by atoms with Gasteiger partial charge in [-0.25, -0.2) is 0 Å². The van der Waals surface area contributed by atoms with E-state index in [1.54, 1.807) is 4.90 Å². The van der Waals surface area contributed by atoms with Crippen molar-refractivity contribution in [3.05, 3.63) is 83.2 Å². The summed E-state index contributed by atoms with van der Waals surface area (Å²) in [6, 6.07) is 21.4. The van der Waals surface area contributed by atoms with Crippen molar-refractivity contribution in [3.8, 4) is 6.07 Å². The summed E-state index contributed by atoms with van der Waals surface area (Å²) in [5, 5.41) is 16.5. The molecule has 170 valence electrons. The molecule has 0 radical (unpaired) electrons. The van der Waals surface area contributed by atoms with Gasteiger partial charge in [-0.05, 0) is 31.5 Å². The first-order chi connectivity index (χ1) is 16.0. The fraction of sp³-hybridized carbons (Fsp3) is 0.308. The molecule has 1 heterocycles. The van der Waals surface area contributed by atoms with Crippen LogP contribution in [0.1, 0.15) is 41.8 Å². The Morgan fingerprint density at radius 2 is 1.70 bits per heavy atom. The third kappa shape index (κ3) is 6.53. The zero-order valence-electron chi connectivity index (χ0n) is 19.1. The van der Waals surface area contributed by atoms with Crippen molar-refractivity contribution in [2.45, 2.75) is 46.2 Å². The zero-order chi connectivity index (χ0) is 23.6. The number of carbonyl (C=O) groups excluding carboxylic acids is 2. The Morgan fingerprint density at radius 1 is 1.03 bits per heavy atom. The number of benzene rings is 2. The molecule has 0 atom stereocenters. The van der Waals surface area contributed by atoms with E-state index < -0.39 is 0 Å². The summed E-state index contributed by atoms with van der Waals surface area (Å²) < 4.78 is 1.95. The Labute approximate surface area is 194 Å². The molecule has 7 nitrogen and oxygen atoms in total. The van der Waals surface area contributed by atoms with E-state index in [9.17, 15) is 9.59 Å². The van der Waals surface area contributed by atoms with E-state index in [1.165, 1.54) is 0 Å². The van der Waals surface area contributed by atoms with Crippen LogP contribution < -0.4 is 10.2 Å². The summed E-state index contributed by atoms with van der Waals surface area (Å²) in [6.45, 7) is 5.29. The predicted octanol–water partition coefficient (Wildman–Crippen LogP) is 3.89. The summed E-state index contributed by atoms with van der Waals surface area (Å²) >= 11 is 0. The van der Waals surface area contributed by atoms with E-state index >= 15 is 0 Å². The van der Waals surface area contributed by atoms with E-state index in [2.05, 4.69) is 28.6 Å². The van der Waals surface area contributed by atoms with Crippen LogP contribution in [0.3, 0.4) is 0 Å². The van der Waals surface area contributed by atoms with Crippen LogP contribution >= 0.6 is 0 Å². The maximum atomic E-state index is 12.7. The molecule has 7 heteroatoms. The van der Waals surface area contributed by atoms with Gasteiger partial charge in [0.1, 0.15) is 0 Å². The van der Waals surface area contributed by atoms with Gasteiger partial charge in [0, 0.05) is 42.9 Å². The van der Waals surface area contributed by atoms with Crippen LogP contribution in [0.25, 0.3) is 0 Å². The molecule has 0 spiro atoms. The Balaban J connectivity index is 1.55. The highest BCUT2D eigenvalue weighted by atomic mass is 16.2. The Kier molecular flexibility index (Phi) is 8.36. The molecule has 0 unspecified atom stereocenters. The number of anilines is 1. The monoisotopic (exact) mass is 443 g/mol. The lowest BCUT2D eigenvalue weighted by molar-refractivity contribution is -0.125. The first kappa shape index (κ1) is 23.7. The fourth-order valence-corrected chi connectivity index (χ4v) is 3.70. The number of hydrogen-bond acceptors (Lipinski definition) is 4. The number of nitrogens with one attached hydrogen (secondary N) is 1. The van der Waals surface area contributed by atoms with Gasteiger partial charge < -0.3 is 10.2 Å². The summed E-state index contributed by atoms with van der Waals surface area (Å²) in [6.07, 6.45) is 0.403. The van der Waals surface area contributed by atoms with Crippen LogP contribution in [0.5, 0.6) is 0 Å². The molecule has 0 saturated carbocycles. The second-order valence-electron chi connectivity index (χ2n) is 7.86. The summed E-state index contributed by atoms with van der Waals surface area (Å²) in [4.78, 5) is 26.8. The number of para-hydroxylation sites is 1. The van der Waals surface area contributed by atoms with Crippen LogP contribution in [-0.4, -0.2) is 28.1 Å². The molecule has 3 rings (SSSR count). The molecule has 3 aromatic rings. The van der Waals surface area contributed by atoms with E-state index in [0.717, 1.165) is 28.2 Å². The third-order valence-electron chi connectivity index (χ3n) is 5.55. The quantitative estimate of drug-likeness (QED) is 0.515. The number of aryl methyl sites for hydroxylation is 1. The number of nitrogens with zero attached hydrogens (tertiary/aromatic N) is 4. The largest absolute Gasteiger partial charge is 0.352 e. The summed E-state index contributed by atoms with van der Waals surface area (Å²) in [5.74, 6) is -0.360. The third-order valence-corrected chi connectivity index (χ3v) is 5.55. The smallest absolute Gasteiger partial charge is 0.227 e. The van der Waals surface area contributed by atoms with E-state index in [4.69, 9.17) is 5.26 Å². The maximum Gasteiger partial charge on any atom is 0.227 e. The van der Waals surface area contributed by atoms with E-state index in [0.29, 0.717) is 19.6 Å². The van der Waals surface area contributed by atoms with Crippen molar-refractivity contribution in [3.63, 3.8) is 0 Å². The van der Waals surface area contributed by atoms with Gasteiger partial charge in [-0.2, -0.15) is 10.4 Å². The second kappa shape index (κ2) is 11.6. The topological polar surface area (TPSA) is 91.0 Å². The molecule has 2 amide bonds. The number of aromatic nitrogens is 2. The average molecular weight is 444 g/mol. The van der Waals surface area contributed by atoms with Gasteiger partial charge in [0.2, 0.25) is 11.8 Å². The minimum atomic E-state index is -0.189. The normalized spacial score (nSPS) is 10.5. The van der Waals surface area contributed by atoms with Crippen LogP contribution in [0.2, 0.25) is 0 Å². The molecular weight excluding hydrogens is 414 g/mol. The van der Waals surface area contributed by atoms with Crippen LogP contribution in [-0.2, 0) is 22.7 Å². The highest BCUT2D eigenvalue weighted by Gasteiger charge is 2.17. The Bertz CT molecular complexity index is 1120. The van der Waals surface area contributed by atoms with Crippen LogP contribution in [0.15, 0.2) is 60.7 Å². The number of hydrogen-bond donors (Lipinski definition) is 1. The summed E-state index contributed by atoms with van der Waals surface area (Å²) in [5.41, 5.74) is 4.78. The van der Waals surface area contributed by atoms with Gasteiger partial charge in [0.15, 0.2) is 0 Å². The lowest BCUT2D eigenvalue weighted by atomic mass is 10.1.